The molecule has 0 aromatic carbocycles. The third-order valence-electron chi connectivity index (χ3n) is 5.77. The standard InChI is InChI=1S/C15H23N5S/c1-8-11(16)7-6-10(15(8,2)3)13-19-20-12(9-4-5-9)17-18-14(20)21-13/h8-11H,4-7,16H2,1-3H3. The van der Waals surface area contributed by atoms with Crippen LogP contribution in [-0.4, -0.2) is 25.9 Å². The highest BCUT2D eigenvalue weighted by Crippen LogP contribution is 2.50. The molecule has 2 aliphatic rings. The van der Waals surface area contributed by atoms with Gasteiger partial charge >= 0.3 is 0 Å². The zero-order valence-corrected chi connectivity index (χ0v) is 13.7. The number of nitrogens with two attached hydrogens (primary N) is 1. The van der Waals surface area contributed by atoms with Crippen LogP contribution >= 0.6 is 11.3 Å². The molecule has 2 saturated carbocycles. The molecular formula is C15H23N5S. The second-order valence-corrected chi connectivity index (χ2v) is 8.36. The SMILES string of the molecule is CC1C(N)CCC(c2nn3c(C4CC4)nnc3s2)C1(C)C. The lowest BCUT2D eigenvalue weighted by atomic mass is 9.61. The van der Waals surface area contributed by atoms with Gasteiger partial charge in [0, 0.05) is 17.9 Å². The van der Waals surface area contributed by atoms with Crippen molar-refractivity contribution in [3.8, 4) is 0 Å². The molecule has 3 unspecified atom stereocenters. The third kappa shape index (κ3) is 2.03. The Morgan fingerprint density at radius 2 is 1.95 bits per heavy atom. The van der Waals surface area contributed by atoms with Crippen LogP contribution in [0.5, 0.6) is 0 Å². The second-order valence-electron chi connectivity index (χ2n) is 7.37. The number of hydrogen-bond acceptors (Lipinski definition) is 5. The fourth-order valence-corrected chi connectivity index (χ4v) is 4.85. The topological polar surface area (TPSA) is 69.1 Å². The third-order valence-corrected chi connectivity index (χ3v) is 6.79. The van der Waals surface area contributed by atoms with Crippen molar-refractivity contribution in [1.29, 1.82) is 0 Å². The lowest BCUT2D eigenvalue weighted by molar-refractivity contribution is 0.0986. The number of aromatic nitrogens is 4. The van der Waals surface area contributed by atoms with E-state index in [1.165, 1.54) is 17.8 Å². The first-order valence-corrected chi connectivity index (χ1v) is 8.77. The van der Waals surface area contributed by atoms with E-state index in [0.717, 1.165) is 23.6 Å². The lowest BCUT2D eigenvalue weighted by Crippen LogP contribution is -2.45. The quantitative estimate of drug-likeness (QED) is 0.926. The summed E-state index contributed by atoms with van der Waals surface area (Å²) in [4.78, 5) is 0.949. The van der Waals surface area contributed by atoms with Crippen molar-refractivity contribution < 1.29 is 0 Å². The number of rotatable bonds is 2. The van der Waals surface area contributed by atoms with Gasteiger partial charge in [-0.1, -0.05) is 32.1 Å². The Balaban J connectivity index is 1.72. The van der Waals surface area contributed by atoms with Crippen LogP contribution in [0.4, 0.5) is 0 Å². The zero-order valence-electron chi connectivity index (χ0n) is 12.9. The van der Waals surface area contributed by atoms with E-state index >= 15 is 0 Å². The van der Waals surface area contributed by atoms with Gasteiger partial charge in [0.2, 0.25) is 4.96 Å². The Morgan fingerprint density at radius 3 is 2.67 bits per heavy atom. The van der Waals surface area contributed by atoms with E-state index in [1.807, 2.05) is 4.52 Å². The van der Waals surface area contributed by atoms with Gasteiger partial charge in [0.25, 0.3) is 0 Å². The maximum Gasteiger partial charge on any atom is 0.234 e. The highest BCUT2D eigenvalue weighted by atomic mass is 32.1. The van der Waals surface area contributed by atoms with Gasteiger partial charge in [-0.2, -0.15) is 9.61 Å². The van der Waals surface area contributed by atoms with Crippen molar-refractivity contribution in [2.24, 2.45) is 17.1 Å². The van der Waals surface area contributed by atoms with Crippen LogP contribution < -0.4 is 5.73 Å². The molecule has 2 aliphatic carbocycles. The summed E-state index contributed by atoms with van der Waals surface area (Å²) in [6.07, 6.45) is 4.68. The largest absolute Gasteiger partial charge is 0.327 e. The summed E-state index contributed by atoms with van der Waals surface area (Å²) in [6.45, 7) is 6.96. The molecule has 4 rings (SSSR count). The number of nitrogens with zero attached hydrogens (tertiary/aromatic N) is 4. The second kappa shape index (κ2) is 4.49. The molecule has 2 heterocycles. The molecule has 0 radical (unpaired) electrons. The minimum Gasteiger partial charge on any atom is -0.327 e. The first-order valence-electron chi connectivity index (χ1n) is 7.96. The van der Waals surface area contributed by atoms with Crippen LogP contribution in [-0.2, 0) is 0 Å². The molecule has 5 nitrogen and oxygen atoms in total. The minimum absolute atomic E-state index is 0.181. The summed E-state index contributed by atoms with van der Waals surface area (Å²) in [5, 5.41) is 14.7. The Hall–Kier alpha value is -1.01. The average molecular weight is 305 g/mol. The molecule has 0 amide bonds. The van der Waals surface area contributed by atoms with Crippen molar-refractivity contribution in [3.05, 3.63) is 10.8 Å². The Morgan fingerprint density at radius 1 is 1.19 bits per heavy atom. The lowest BCUT2D eigenvalue weighted by Gasteiger charge is -2.45. The highest BCUT2D eigenvalue weighted by Gasteiger charge is 2.44. The van der Waals surface area contributed by atoms with Gasteiger partial charge in [-0.3, -0.25) is 0 Å². The van der Waals surface area contributed by atoms with Gasteiger partial charge in [0.15, 0.2) is 5.82 Å². The molecule has 2 N–H and O–H groups in total. The maximum atomic E-state index is 6.28. The fourth-order valence-electron chi connectivity index (χ4n) is 3.68. The van der Waals surface area contributed by atoms with Crippen LogP contribution in [0.3, 0.4) is 0 Å². The van der Waals surface area contributed by atoms with E-state index < -0.39 is 0 Å². The van der Waals surface area contributed by atoms with Crippen LogP contribution in [0.1, 0.15) is 69.1 Å². The predicted molar refractivity (Wildman–Crippen MR) is 83.5 cm³/mol. The molecular weight excluding hydrogens is 282 g/mol. The summed E-state index contributed by atoms with van der Waals surface area (Å²) >= 11 is 1.71. The summed E-state index contributed by atoms with van der Waals surface area (Å²) in [5.41, 5.74) is 6.46. The van der Waals surface area contributed by atoms with Gasteiger partial charge in [-0.15, -0.1) is 10.2 Å². The van der Waals surface area contributed by atoms with Crippen LogP contribution in [0, 0.1) is 11.3 Å². The van der Waals surface area contributed by atoms with Crippen molar-refractivity contribution >= 4 is 16.3 Å². The Kier molecular flexibility index (Phi) is 2.92. The molecule has 2 aromatic rings. The van der Waals surface area contributed by atoms with Gasteiger partial charge in [-0.05, 0) is 37.0 Å². The van der Waals surface area contributed by atoms with E-state index in [9.17, 15) is 0 Å². The van der Waals surface area contributed by atoms with E-state index in [4.69, 9.17) is 10.8 Å². The van der Waals surface area contributed by atoms with Crippen LogP contribution in [0.2, 0.25) is 0 Å². The van der Waals surface area contributed by atoms with Crippen molar-refractivity contribution in [3.63, 3.8) is 0 Å². The van der Waals surface area contributed by atoms with E-state index in [-0.39, 0.29) is 5.41 Å². The molecule has 3 atom stereocenters. The summed E-state index contributed by atoms with van der Waals surface area (Å²) in [5.74, 6) is 2.63. The van der Waals surface area contributed by atoms with E-state index in [0.29, 0.717) is 23.8 Å². The van der Waals surface area contributed by atoms with E-state index in [1.54, 1.807) is 11.3 Å². The van der Waals surface area contributed by atoms with Gasteiger partial charge in [0.05, 0.1) is 0 Å². The Labute approximate surface area is 128 Å². The fraction of sp³-hybridized carbons (Fsp3) is 0.800. The normalized spacial score (nSPS) is 32.7. The summed E-state index contributed by atoms with van der Waals surface area (Å²) in [6, 6.07) is 0.309. The molecule has 0 spiro atoms. The molecule has 0 bridgehead atoms. The summed E-state index contributed by atoms with van der Waals surface area (Å²) in [7, 11) is 0. The summed E-state index contributed by atoms with van der Waals surface area (Å²) < 4.78 is 1.99. The molecule has 21 heavy (non-hydrogen) atoms. The van der Waals surface area contributed by atoms with Crippen LogP contribution in [0.15, 0.2) is 0 Å². The highest BCUT2D eigenvalue weighted by molar-refractivity contribution is 7.16. The van der Waals surface area contributed by atoms with Gasteiger partial charge in [-0.25, -0.2) is 0 Å². The molecule has 0 saturated heterocycles. The van der Waals surface area contributed by atoms with E-state index in [2.05, 4.69) is 31.0 Å². The number of hydrogen-bond donors (Lipinski definition) is 1. The molecule has 114 valence electrons. The number of fused-ring (bicyclic) bond motifs is 1. The maximum absolute atomic E-state index is 6.28. The van der Waals surface area contributed by atoms with Gasteiger partial charge in [0.1, 0.15) is 5.01 Å². The smallest absolute Gasteiger partial charge is 0.234 e. The molecule has 6 heteroatoms. The molecule has 2 fully saturated rings. The van der Waals surface area contributed by atoms with Gasteiger partial charge < -0.3 is 5.73 Å². The monoisotopic (exact) mass is 305 g/mol. The minimum atomic E-state index is 0.181. The Bertz CT molecular complexity index is 669. The first-order chi connectivity index (χ1) is 9.98. The van der Waals surface area contributed by atoms with Crippen molar-refractivity contribution in [2.45, 2.75) is 64.3 Å². The van der Waals surface area contributed by atoms with Crippen LogP contribution in [0.25, 0.3) is 4.96 Å². The zero-order chi connectivity index (χ0) is 14.8. The average Bonchev–Trinajstić information content (AvgIpc) is 3.06. The predicted octanol–water partition coefficient (Wildman–Crippen LogP) is 2.93. The van der Waals surface area contributed by atoms with Crippen molar-refractivity contribution in [1.82, 2.24) is 19.8 Å². The van der Waals surface area contributed by atoms with Crippen molar-refractivity contribution in [2.75, 3.05) is 0 Å². The molecule has 2 aromatic heterocycles. The first kappa shape index (κ1) is 13.6. The molecule has 0 aliphatic heterocycles.